The summed E-state index contributed by atoms with van der Waals surface area (Å²) in [5, 5.41) is 18.2. The first-order valence-electron chi connectivity index (χ1n) is 4.55. The lowest BCUT2D eigenvalue weighted by Crippen LogP contribution is -1.89. The first-order valence-corrected chi connectivity index (χ1v) is 4.55. The Morgan fingerprint density at radius 1 is 0.812 bits per heavy atom. The molecule has 0 saturated heterocycles. The number of hydrogen-bond acceptors (Lipinski definition) is 2. The Morgan fingerprint density at radius 2 is 1.44 bits per heavy atom. The van der Waals surface area contributed by atoms with E-state index in [4.69, 9.17) is 5.11 Å². The fourth-order valence-electron chi connectivity index (χ4n) is 1.50. The number of phenolic OH excluding ortho intramolecular Hbond substituents is 2. The number of phenols is 2. The zero-order valence-electron chi connectivity index (χ0n) is 8.11. The van der Waals surface area contributed by atoms with Crippen molar-refractivity contribution in [3.63, 3.8) is 0 Å². The summed E-state index contributed by atoms with van der Waals surface area (Å²) < 4.78 is 26.9. The minimum Gasteiger partial charge on any atom is -0.508 e. The molecule has 2 N–H and O–H groups in total. The van der Waals surface area contributed by atoms with Gasteiger partial charge in [0.1, 0.15) is 23.1 Å². The summed E-state index contributed by atoms with van der Waals surface area (Å²) in [7, 11) is 0. The van der Waals surface area contributed by atoms with Crippen molar-refractivity contribution in [3.8, 4) is 22.6 Å². The van der Waals surface area contributed by atoms with E-state index in [0.717, 1.165) is 12.1 Å². The van der Waals surface area contributed by atoms with Crippen LogP contribution in [0.1, 0.15) is 0 Å². The van der Waals surface area contributed by atoms with E-state index in [0.29, 0.717) is 0 Å². The van der Waals surface area contributed by atoms with Crippen LogP contribution in [0.15, 0.2) is 36.4 Å². The summed E-state index contributed by atoms with van der Waals surface area (Å²) in [6.07, 6.45) is 0. The predicted molar refractivity (Wildman–Crippen MR) is 55.1 cm³/mol. The summed E-state index contributed by atoms with van der Waals surface area (Å²) in [4.78, 5) is 0. The molecule has 0 aliphatic rings. The van der Waals surface area contributed by atoms with Gasteiger partial charge in [0.05, 0.1) is 5.56 Å². The van der Waals surface area contributed by atoms with Crippen LogP contribution in [-0.2, 0) is 0 Å². The molecule has 0 aromatic heterocycles. The molecule has 0 aliphatic carbocycles. The molecule has 2 aromatic carbocycles. The van der Waals surface area contributed by atoms with Gasteiger partial charge in [0, 0.05) is 12.1 Å². The van der Waals surface area contributed by atoms with Crippen molar-refractivity contribution in [1.82, 2.24) is 0 Å². The minimum absolute atomic E-state index is 0.0793. The van der Waals surface area contributed by atoms with E-state index in [1.54, 1.807) is 0 Å². The zero-order chi connectivity index (χ0) is 11.7. The highest BCUT2D eigenvalue weighted by Gasteiger charge is 2.13. The Hall–Kier alpha value is -2.10. The Morgan fingerprint density at radius 3 is 2.00 bits per heavy atom. The molecule has 0 saturated carbocycles. The average Bonchev–Trinajstić information content (AvgIpc) is 2.15. The highest BCUT2D eigenvalue weighted by Crippen LogP contribution is 2.30. The third kappa shape index (κ3) is 1.82. The normalized spacial score (nSPS) is 10.4. The molecule has 82 valence electrons. The van der Waals surface area contributed by atoms with Gasteiger partial charge >= 0.3 is 0 Å². The SMILES string of the molecule is Oc1cccc(-c2c(F)cc(O)cc2F)c1. The van der Waals surface area contributed by atoms with Crippen molar-refractivity contribution >= 4 is 0 Å². The van der Waals surface area contributed by atoms with E-state index >= 15 is 0 Å². The van der Waals surface area contributed by atoms with Crippen molar-refractivity contribution in [1.29, 1.82) is 0 Å². The molecule has 0 heterocycles. The lowest BCUT2D eigenvalue weighted by molar-refractivity contribution is 0.461. The molecule has 2 rings (SSSR count). The third-order valence-corrected chi connectivity index (χ3v) is 2.16. The number of rotatable bonds is 1. The van der Waals surface area contributed by atoms with Crippen LogP contribution in [0.3, 0.4) is 0 Å². The Kier molecular flexibility index (Phi) is 2.48. The maximum atomic E-state index is 13.4. The highest BCUT2D eigenvalue weighted by molar-refractivity contribution is 5.67. The van der Waals surface area contributed by atoms with E-state index < -0.39 is 17.4 Å². The lowest BCUT2D eigenvalue weighted by atomic mass is 10.0. The van der Waals surface area contributed by atoms with Crippen LogP contribution in [0.4, 0.5) is 8.78 Å². The summed E-state index contributed by atoms with van der Waals surface area (Å²) in [6.45, 7) is 0. The predicted octanol–water partition coefficient (Wildman–Crippen LogP) is 3.04. The van der Waals surface area contributed by atoms with Crippen molar-refractivity contribution in [2.24, 2.45) is 0 Å². The summed E-state index contributed by atoms with van der Waals surface area (Å²) in [6, 6.07) is 7.25. The van der Waals surface area contributed by atoms with Crippen molar-refractivity contribution < 1.29 is 19.0 Å². The van der Waals surface area contributed by atoms with Crippen LogP contribution in [-0.4, -0.2) is 10.2 Å². The van der Waals surface area contributed by atoms with Gasteiger partial charge in [-0.15, -0.1) is 0 Å². The average molecular weight is 222 g/mol. The largest absolute Gasteiger partial charge is 0.508 e. The van der Waals surface area contributed by atoms with Gasteiger partial charge in [-0.05, 0) is 17.7 Å². The van der Waals surface area contributed by atoms with E-state index in [-0.39, 0.29) is 16.9 Å². The Labute approximate surface area is 90.4 Å². The second kappa shape index (κ2) is 3.81. The van der Waals surface area contributed by atoms with Crippen LogP contribution in [0.25, 0.3) is 11.1 Å². The zero-order valence-corrected chi connectivity index (χ0v) is 8.11. The molecular formula is C12H8F2O2. The van der Waals surface area contributed by atoms with E-state index in [1.165, 1.54) is 24.3 Å². The molecule has 0 spiro atoms. The maximum Gasteiger partial charge on any atom is 0.137 e. The van der Waals surface area contributed by atoms with Gasteiger partial charge in [-0.1, -0.05) is 12.1 Å². The standard InChI is InChI=1S/C12H8F2O2/c13-10-5-9(16)6-11(14)12(10)7-2-1-3-8(15)4-7/h1-6,15-16H. The maximum absolute atomic E-state index is 13.4. The van der Waals surface area contributed by atoms with Gasteiger partial charge in [-0.2, -0.15) is 0 Å². The molecule has 0 radical (unpaired) electrons. The molecule has 0 aliphatic heterocycles. The third-order valence-electron chi connectivity index (χ3n) is 2.16. The number of aromatic hydroxyl groups is 2. The number of halogens is 2. The molecule has 16 heavy (non-hydrogen) atoms. The van der Waals surface area contributed by atoms with Crippen LogP contribution >= 0.6 is 0 Å². The fourth-order valence-corrected chi connectivity index (χ4v) is 1.50. The Bertz CT molecular complexity index is 515. The van der Waals surface area contributed by atoms with Gasteiger partial charge < -0.3 is 10.2 Å². The Balaban J connectivity index is 2.64. The molecule has 4 heteroatoms. The molecular weight excluding hydrogens is 214 g/mol. The molecule has 0 unspecified atom stereocenters. The van der Waals surface area contributed by atoms with E-state index in [2.05, 4.69) is 0 Å². The lowest BCUT2D eigenvalue weighted by Gasteiger charge is -2.06. The van der Waals surface area contributed by atoms with E-state index in [9.17, 15) is 13.9 Å². The summed E-state index contributed by atoms with van der Waals surface area (Å²) in [5.41, 5.74) is -0.0521. The smallest absolute Gasteiger partial charge is 0.137 e. The van der Waals surface area contributed by atoms with Crippen molar-refractivity contribution in [2.45, 2.75) is 0 Å². The van der Waals surface area contributed by atoms with Gasteiger partial charge in [0.25, 0.3) is 0 Å². The number of benzene rings is 2. The molecule has 0 amide bonds. The van der Waals surface area contributed by atoms with Crippen molar-refractivity contribution in [3.05, 3.63) is 48.0 Å². The summed E-state index contributed by atoms with van der Waals surface area (Å²) in [5.74, 6) is -2.30. The van der Waals surface area contributed by atoms with Gasteiger partial charge in [-0.3, -0.25) is 0 Å². The van der Waals surface area contributed by atoms with Crippen LogP contribution in [0, 0.1) is 11.6 Å². The first kappa shape index (κ1) is 10.4. The van der Waals surface area contributed by atoms with Crippen LogP contribution < -0.4 is 0 Å². The second-order valence-corrected chi connectivity index (χ2v) is 3.33. The molecule has 0 fully saturated rings. The van der Waals surface area contributed by atoms with Crippen molar-refractivity contribution in [2.75, 3.05) is 0 Å². The monoisotopic (exact) mass is 222 g/mol. The topological polar surface area (TPSA) is 40.5 Å². The highest BCUT2D eigenvalue weighted by atomic mass is 19.1. The number of hydrogen-bond donors (Lipinski definition) is 2. The molecule has 2 nitrogen and oxygen atoms in total. The van der Waals surface area contributed by atoms with Gasteiger partial charge in [0.2, 0.25) is 0 Å². The van der Waals surface area contributed by atoms with Gasteiger partial charge in [0.15, 0.2) is 0 Å². The first-order chi connectivity index (χ1) is 7.58. The molecule has 2 aromatic rings. The van der Waals surface area contributed by atoms with Crippen LogP contribution in [0.2, 0.25) is 0 Å². The fraction of sp³-hybridized carbons (Fsp3) is 0. The minimum atomic E-state index is -0.872. The molecule has 0 bridgehead atoms. The van der Waals surface area contributed by atoms with Gasteiger partial charge in [-0.25, -0.2) is 8.78 Å². The van der Waals surface area contributed by atoms with E-state index in [1.807, 2.05) is 0 Å². The second-order valence-electron chi connectivity index (χ2n) is 3.33. The quantitative estimate of drug-likeness (QED) is 0.778. The van der Waals surface area contributed by atoms with Crippen LogP contribution in [0.5, 0.6) is 11.5 Å². The summed E-state index contributed by atoms with van der Waals surface area (Å²) >= 11 is 0. The molecule has 0 atom stereocenters.